The van der Waals surface area contributed by atoms with E-state index in [4.69, 9.17) is 16.9 Å². The summed E-state index contributed by atoms with van der Waals surface area (Å²) in [5, 5.41) is 20.7. The quantitative estimate of drug-likeness (QED) is 0.696. The van der Waals surface area contributed by atoms with Crippen LogP contribution >= 0.6 is 22.9 Å². The van der Waals surface area contributed by atoms with E-state index in [1.807, 2.05) is 31.2 Å². The van der Waals surface area contributed by atoms with Gasteiger partial charge < -0.3 is 5.32 Å². The fourth-order valence-corrected chi connectivity index (χ4v) is 3.18. The first-order valence-corrected chi connectivity index (χ1v) is 9.29. The summed E-state index contributed by atoms with van der Waals surface area (Å²) in [7, 11) is 0. The number of carbonyl (C=O) groups excluding carboxylic acids is 1. The Morgan fingerprint density at radius 2 is 1.81 bits per heavy atom. The monoisotopic (exact) mass is 394 g/mol. The summed E-state index contributed by atoms with van der Waals surface area (Å²) in [5.74, 6) is -0.290. The zero-order valence-corrected chi connectivity index (χ0v) is 16.0. The first-order chi connectivity index (χ1) is 13.0. The number of rotatable bonds is 5. The van der Waals surface area contributed by atoms with Gasteiger partial charge in [0.25, 0.3) is 5.91 Å². The van der Waals surface area contributed by atoms with Crippen LogP contribution in [0, 0.1) is 18.3 Å². The topological polar surface area (TPSA) is 78.7 Å². The van der Waals surface area contributed by atoms with Crippen LogP contribution in [0.5, 0.6) is 0 Å². The van der Waals surface area contributed by atoms with Gasteiger partial charge in [0.05, 0.1) is 16.7 Å². The highest BCUT2D eigenvalue weighted by molar-refractivity contribution is 7.15. The third kappa shape index (κ3) is 5.00. The number of aromatic nitrogens is 2. The number of carbonyl (C=O) groups is 1. The van der Waals surface area contributed by atoms with Crippen LogP contribution in [0.2, 0.25) is 0 Å². The van der Waals surface area contributed by atoms with Gasteiger partial charge in [-0.25, -0.2) is 0 Å². The average molecular weight is 395 g/mol. The van der Waals surface area contributed by atoms with Crippen LogP contribution in [0.3, 0.4) is 0 Å². The number of halogens is 1. The molecular weight excluding hydrogens is 380 g/mol. The molecule has 1 amide bonds. The number of hydrogen-bond acceptors (Lipinski definition) is 5. The lowest BCUT2D eigenvalue weighted by molar-refractivity contribution is 0.0950. The largest absolute Gasteiger partial charge is 0.346 e. The summed E-state index contributed by atoms with van der Waals surface area (Å²) in [6.45, 7) is 2.43. The molecule has 1 heterocycles. The molecule has 0 bridgehead atoms. The molecule has 0 atom stereocenters. The van der Waals surface area contributed by atoms with Crippen molar-refractivity contribution >= 4 is 40.0 Å². The van der Waals surface area contributed by atoms with E-state index in [-0.39, 0.29) is 10.9 Å². The lowest BCUT2D eigenvalue weighted by Crippen LogP contribution is -2.22. The number of amides is 1. The van der Waals surface area contributed by atoms with Gasteiger partial charge in [-0.3, -0.25) is 4.79 Å². The number of hydrogen-bond donors (Lipinski definition) is 1. The summed E-state index contributed by atoms with van der Waals surface area (Å²) >= 11 is 7.42. The predicted octanol–water partition coefficient (Wildman–Crippen LogP) is 4.39. The Kier molecular flexibility index (Phi) is 5.97. The van der Waals surface area contributed by atoms with Crippen molar-refractivity contribution < 1.29 is 4.79 Å². The molecule has 0 saturated carbocycles. The lowest BCUT2D eigenvalue weighted by atomic mass is 10.1. The minimum absolute atomic E-state index is 0.253. The molecular formula is C20H15ClN4OS. The van der Waals surface area contributed by atoms with Crippen molar-refractivity contribution in [3.63, 3.8) is 0 Å². The predicted molar refractivity (Wildman–Crippen MR) is 107 cm³/mol. The van der Waals surface area contributed by atoms with Crippen LogP contribution in [-0.4, -0.2) is 16.1 Å². The summed E-state index contributed by atoms with van der Waals surface area (Å²) in [4.78, 5) is 12.3. The van der Waals surface area contributed by atoms with Gasteiger partial charge in [-0.15, -0.1) is 10.2 Å². The van der Waals surface area contributed by atoms with Crippen molar-refractivity contribution in [2.75, 3.05) is 0 Å². The Morgan fingerprint density at radius 1 is 1.15 bits per heavy atom. The Labute approximate surface area is 166 Å². The van der Waals surface area contributed by atoms with E-state index in [1.54, 1.807) is 30.3 Å². The molecule has 3 aromatic rings. The Balaban J connectivity index is 1.65. The first-order valence-electron chi connectivity index (χ1n) is 8.10. The highest BCUT2D eigenvalue weighted by Gasteiger charge is 2.14. The number of benzene rings is 2. The van der Waals surface area contributed by atoms with Gasteiger partial charge in [0.2, 0.25) is 5.01 Å². The summed E-state index contributed by atoms with van der Waals surface area (Å²) in [5.41, 5.74) is 3.59. The first kappa shape index (κ1) is 18.8. The molecule has 27 heavy (non-hydrogen) atoms. The van der Waals surface area contributed by atoms with Crippen LogP contribution in [0.4, 0.5) is 0 Å². The van der Waals surface area contributed by atoms with Gasteiger partial charge >= 0.3 is 0 Å². The third-order valence-electron chi connectivity index (χ3n) is 3.73. The second-order valence-electron chi connectivity index (χ2n) is 5.81. The van der Waals surface area contributed by atoms with Gasteiger partial charge in [-0.05, 0) is 36.3 Å². The third-order valence-corrected chi connectivity index (χ3v) is 5.09. The maximum Gasteiger partial charge on any atom is 0.282 e. The highest BCUT2D eigenvalue weighted by atomic mass is 35.5. The summed E-state index contributed by atoms with van der Waals surface area (Å²) < 4.78 is 0. The van der Waals surface area contributed by atoms with Crippen LogP contribution in [0.25, 0.3) is 11.1 Å². The van der Waals surface area contributed by atoms with Crippen molar-refractivity contribution in [2.24, 2.45) is 0 Å². The van der Waals surface area contributed by atoms with Gasteiger partial charge in [0, 0.05) is 6.54 Å². The summed E-state index contributed by atoms with van der Waals surface area (Å²) in [6.07, 6.45) is 1.72. The van der Waals surface area contributed by atoms with Crippen molar-refractivity contribution in [1.29, 1.82) is 5.26 Å². The lowest BCUT2D eigenvalue weighted by Gasteiger charge is -2.03. The van der Waals surface area contributed by atoms with Crippen molar-refractivity contribution in [3.8, 4) is 6.07 Å². The SMILES string of the molecule is Cc1ccc(CNC(=O)c2nnc(/C(Cl)=C/c3ccc(C#N)cc3)s2)cc1. The van der Waals surface area contributed by atoms with E-state index in [0.717, 1.165) is 22.5 Å². The summed E-state index contributed by atoms with van der Waals surface area (Å²) in [6, 6.07) is 17.0. The van der Waals surface area contributed by atoms with Crippen LogP contribution < -0.4 is 5.32 Å². The van der Waals surface area contributed by atoms with E-state index in [0.29, 0.717) is 22.1 Å². The average Bonchev–Trinajstić information content (AvgIpc) is 3.18. The van der Waals surface area contributed by atoms with Crippen molar-refractivity contribution in [3.05, 3.63) is 80.8 Å². The van der Waals surface area contributed by atoms with E-state index >= 15 is 0 Å². The van der Waals surface area contributed by atoms with Crippen molar-refractivity contribution in [2.45, 2.75) is 13.5 Å². The molecule has 134 valence electrons. The minimum atomic E-state index is -0.290. The molecule has 1 aromatic heterocycles. The van der Waals surface area contributed by atoms with Gasteiger partial charge in [-0.1, -0.05) is 64.9 Å². The number of aryl methyl sites for hydroxylation is 1. The van der Waals surface area contributed by atoms with Crippen LogP contribution in [0.1, 0.15) is 37.1 Å². The normalized spacial score (nSPS) is 11.1. The van der Waals surface area contributed by atoms with Gasteiger partial charge in [0.1, 0.15) is 0 Å². The Hall–Kier alpha value is -3.01. The molecule has 2 aromatic carbocycles. The van der Waals surface area contributed by atoms with Crippen LogP contribution in [0.15, 0.2) is 48.5 Å². The Morgan fingerprint density at radius 3 is 2.48 bits per heavy atom. The van der Waals surface area contributed by atoms with E-state index in [2.05, 4.69) is 21.6 Å². The molecule has 0 radical (unpaired) electrons. The van der Waals surface area contributed by atoms with E-state index < -0.39 is 0 Å². The van der Waals surface area contributed by atoms with Crippen molar-refractivity contribution in [1.82, 2.24) is 15.5 Å². The molecule has 0 aliphatic carbocycles. The van der Waals surface area contributed by atoms with Gasteiger partial charge in [-0.2, -0.15) is 5.26 Å². The number of nitrogens with one attached hydrogen (secondary N) is 1. The zero-order chi connectivity index (χ0) is 19.2. The van der Waals surface area contributed by atoms with Crippen LogP contribution in [-0.2, 0) is 6.54 Å². The standard InChI is InChI=1S/C20H15ClN4OS/c1-13-2-4-16(5-3-13)12-23-18(26)20-25-24-19(27-20)17(21)10-14-6-8-15(11-22)9-7-14/h2-10H,12H2,1H3,(H,23,26)/b17-10-. The molecule has 3 rings (SSSR count). The minimum Gasteiger partial charge on any atom is -0.346 e. The number of nitrogens with zero attached hydrogens (tertiary/aromatic N) is 3. The maximum atomic E-state index is 12.3. The molecule has 7 heteroatoms. The zero-order valence-electron chi connectivity index (χ0n) is 14.4. The number of nitriles is 1. The molecule has 0 aliphatic rings. The molecule has 0 unspecified atom stereocenters. The second-order valence-corrected chi connectivity index (χ2v) is 7.19. The molecule has 1 N–H and O–H groups in total. The molecule has 0 aliphatic heterocycles. The smallest absolute Gasteiger partial charge is 0.282 e. The fourth-order valence-electron chi connectivity index (χ4n) is 2.24. The molecule has 0 fully saturated rings. The highest BCUT2D eigenvalue weighted by Crippen LogP contribution is 2.25. The fraction of sp³-hybridized carbons (Fsp3) is 0.100. The molecule has 0 saturated heterocycles. The molecule has 0 spiro atoms. The van der Waals surface area contributed by atoms with Gasteiger partial charge in [0.15, 0.2) is 5.01 Å². The van der Waals surface area contributed by atoms with E-state index in [1.165, 1.54) is 5.56 Å². The molecule has 5 nitrogen and oxygen atoms in total. The van der Waals surface area contributed by atoms with E-state index in [9.17, 15) is 4.79 Å². The Bertz CT molecular complexity index is 1020. The second kappa shape index (κ2) is 8.58. The maximum absolute atomic E-state index is 12.3.